The fourth-order valence-corrected chi connectivity index (χ4v) is 4.63. The first-order valence-corrected chi connectivity index (χ1v) is 10.3. The number of amides is 1. The molecule has 0 spiro atoms. The molecule has 1 amide bonds. The Bertz CT molecular complexity index is 783. The maximum absolute atomic E-state index is 13.2. The van der Waals surface area contributed by atoms with Crippen LogP contribution in [0.1, 0.15) is 45.6 Å². The largest absolute Gasteiger partial charge is 0.417 e. The van der Waals surface area contributed by atoms with Gasteiger partial charge in [-0.3, -0.25) is 4.79 Å². The molecule has 0 radical (unpaired) electrons. The topological polar surface area (TPSA) is 66.5 Å². The van der Waals surface area contributed by atoms with Crippen molar-refractivity contribution in [2.24, 2.45) is 5.92 Å². The van der Waals surface area contributed by atoms with Crippen LogP contribution < -0.4 is 5.32 Å². The molecule has 1 aromatic carbocycles. The third kappa shape index (κ3) is 5.01. The lowest BCUT2D eigenvalue weighted by atomic mass is 9.94. The van der Waals surface area contributed by atoms with E-state index >= 15 is 0 Å². The van der Waals surface area contributed by atoms with Crippen LogP contribution in [0.25, 0.3) is 0 Å². The lowest BCUT2D eigenvalue weighted by Crippen LogP contribution is -2.49. The molecule has 1 aromatic rings. The Morgan fingerprint density at radius 3 is 2.26 bits per heavy atom. The smallest absolute Gasteiger partial charge is 0.351 e. The summed E-state index contributed by atoms with van der Waals surface area (Å²) in [7, 11) is -4.28. The van der Waals surface area contributed by atoms with Crippen molar-refractivity contribution in [2.45, 2.75) is 56.6 Å². The van der Waals surface area contributed by atoms with E-state index in [9.17, 15) is 26.4 Å². The molecule has 0 bridgehead atoms. The van der Waals surface area contributed by atoms with Crippen LogP contribution in [0.4, 0.5) is 13.2 Å². The average Bonchev–Trinajstić information content (AvgIpc) is 2.60. The number of benzene rings is 1. The minimum atomic E-state index is -4.76. The molecular weight excluding hydrogens is 381 g/mol. The normalized spacial score (nSPS) is 17.7. The predicted octanol–water partition coefficient (Wildman–Crippen LogP) is 3.41. The second kappa shape index (κ2) is 7.79. The first-order chi connectivity index (χ1) is 12.4. The van der Waals surface area contributed by atoms with Crippen molar-refractivity contribution in [3.63, 3.8) is 0 Å². The summed E-state index contributed by atoms with van der Waals surface area (Å²) in [6.07, 6.45) is -3.45. The number of alkyl halides is 3. The van der Waals surface area contributed by atoms with Gasteiger partial charge in [0.15, 0.2) is 0 Å². The Labute approximate surface area is 158 Å². The Kier molecular flexibility index (Phi) is 6.26. The lowest BCUT2D eigenvalue weighted by molar-refractivity contribution is -0.139. The third-order valence-corrected chi connectivity index (χ3v) is 6.94. The molecule has 9 heteroatoms. The standard InChI is InChI=1S/C18H25F3N2O3S/c1-4-17(2,3)22-16(24)13-9-11-23(12-10-13)27(25,26)15-8-6-5-7-14(15)18(19,20)21/h5-8,13H,4,9-12H2,1-3H3,(H,22,24). The van der Waals surface area contributed by atoms with E-state index in [1.54, 1.807) is 0 Å². The van der Waals surface area contributed by atoms with Crippen molar-refractivity contribution in [3.05, 3.63) is 29.8 Å². The van der Waals surface area contributed by atoms with E-state index in [1.807, 2.05) is 20.8 Å². The highest BCUT2D eigenvalue weighted by Crippen LogP contribution is 2.36. The average molecular weight is 406 g/mol. The molecule has 152 valence electrons. The van der Waals surface area contributed by atoms with Crippen molar-refractivity contribution in [1.82, 2.24) is 9.62 Å². The molecule has 27 heavy (non-hydrogen) atoms. The third-order valence-electron chi connectivity index (χ3n) is 4.98. The second-order valence-corrected chi connectivity index (χ2v) is 9.31. The number of nitrogens with one attached hydrogen (secondary N) is 1. The Morgan fingerprint density at radius 2 is 1.74 bits per heavy atom. The first kappa shape index (κ1) is 21.7. The summed E-state index contributed by atoms with van der Waals surface area (Å²) in [6.45, 7) is 5.78. The van der Waals surface area contributed by atoms with Crippen LogP contribution in [-0.2, 0) is 21.0 Å². The van der Waals surface area contributed by atoms with Gasteiger partial charge < -0.3 is 5.32 Å². The van der Waals surface area contributed by atoms with Crippen molar-refractivity contribution < 1.29 is 26.4 Å². The second-order valence-electron chi connectivity index (χ2n) is 7.40. The van der Waals surface area contributed by atoms with Gasteiger partial charge in [0.05, 0.1) is 10.5 Å². The summed E-state index contributed by atoms with van der Waals surface area (Å²) in [5, 5.41) is 2.93. The van der Waals surface area contributed by atoms with Gasteiger partial charge >= 0.3 is 6.18 Å². The number of halogens is 3. The highest BCUT2D eigenvalue weighted by atomic mass is 32.2. The van der Waals surface area contributed by atoms with Crippen molar-refractivity contribution >= 4 is 15.9 Å². The van der Waals surface area contributed by atoms with E-state index in [-0.39, 0.29) is 43.3 Å². The SMILES string of the molecule is CCC(C)(C)NC(=O)C1CCN(S(=O)(=O)c2ccccc2C(F)(F)F)CC1. The molecule has 1 saturated heterocycles. The molecule has 2 rings (SSSR count). The molecule has 1 aliphatic rings. The van der Waals surface area contributed by atoms with Crippen LogP contribution in [0, 0.1) is 5.92 Å². The van der Waals surface area contributed by atoms with Gasteiger partial charge in [-0.2, -0.15) is 17.5 Å². The molecular formula is C18H25F3N2O3S. The number of rotatable bonds is 5. The highest BCUT2D eigenvalue weighted by molar-refractivity contribution is 7.89. The maximum atomic E-state index is 13.2. The highest BCUT2D eigenvalue weighted by Gasteiger charge is 2.40. The number of nitrogens with zero attached hydrogens (tertiary/aromatic N) is 1. The van der Waals surface area contributed by atoms with E-state index in [0.29, 0.717) is 0 Å². The van der Waals surface area contributed by atoms with Crippen molar-refractivity contribution in [3.8, 4) is 0 Å². The zero-order chi connectivity index (χ0) is 20.5. The minimum Gasteiger partial charge on any atom is -0.351 e. The molecule has 1 fully saturated rings. The van der Waals surface area contributed by atoms with E-state index in [2.05, 4.69) is 5.32 Å². The summed E-state index contributed by atoms with van der Waals surface area (Å²) in [5.74, 6) is -0.491. The van der Waals surface area contributed by atoms with Crippen LogP contribution in [0.5, 0.6) is 0 Å². The number of hydrogen-bond acceptors (Lipinski definition) is 3. The molecule has 0 saturated carbocycles. The van der Waals surface area contributed by atoms with Gasteiger partial charge in [0.1, 0.15) is 0 Å². The maximum Gasteiger partial charge on any atom is 0.417 e. The van der Waals surface area contributed by atoms with Gasteiger partial charge in [-0.25, -0.2) is 8.42 Å². The summed E-state index contributed by atoms with van der Waals surface area (Å²) < 4.78 is 66.0. The fraction of sp³-hybridized carbons (Fsp3) is 0.611. The Hall–Kier alpha value is -1.61. The molecule has 0 unspecified atom stereocenters. The zero-order valence-electron chi connectivity index (χ0n) is 15.6. The van der Waals surface area contributed by atoms with E-state index < -0.39 is 26.7 Å². The number of hydrogen-bond donors (Lipinski definition) is 1. The molecule has 1 heterocycles. The summed E-state index contributed by atoms with van der Waals surface area (Å²) in [5.41, 5.74) is -1.53. The zero-order valence-corrected chi connectivity index (χ0v) is 16.5. The molecule has 0 aromatic heterocycles. The van der Waals surface area contributed by atoms with Gasteiger partial charge in [0, 0.05) is 24.5 Å². The van der Waals surface area contributed by atoms with Crippen LogP contribution in [0.3, 0.4) is 0 Å². The number of piperidine rings is 1. The molecule has 0 atom stereocenters. The molecule has 0 aliphatic carbocycles. The van der Waals surface area contributed by atoms with Gasteiger partial charge in [-0.1, -0.05) is 19.1 Å². The van der Waals surface area contributed by atoms with E-state index in [0.717, 1.165) is 28.9 Å². The summed E-state index contributed by atoms with van der Waals surface area (Å²) in [6, 6.07) is 4.17. The van der Waals surface area contributed by atoms with E-state index in [1.165, 1.54) is 6.07 Å². The van der Waals surface area contributed by atoms with E-state index in [4.69, 9.17) is 0 Å². The van der Waals surface area contributed by atoms with Gasteiger partial charge in [-0.05, 0) is 45.2 Å². The first-order valence-electron chi connectivity index (χ1n) is 8.87. The lowest BCUT2D eigenvalue weighted by Gasteiger charge is -2.33. The van der Waals surface area contributed by atoms with Crippen molar-refractivity contribution in [2.75, 3.05) is 13.1 Å². The van der Waals surface area contributed by atoms with Gasteiger partial charge in [0.2, 0.25) is 15.9 Å². The number of carbonyl (C=O) groups excluding carboxylic acids is 1. The molecule has 1 aliphatic heterocycles. The quantitative estimate of drug-likeness (QED) is 0.815. The fourth-order valence-electron chi connectivity index (χ4n) is 2.95. The Morgan fingerprint density at radius 1 is 1.19 bits per heavy atom. The Balaban J connectivity index is 2.13. The minimum absolute atomic E-state index is 0.0131. The van der Waals surface area contributed by atoms with Crippen LogP contribution in [-0.4, -0.2) is 37.3 Å². The summed E-state index contributed by atoms with van der Waals surface area (Å²) in [4.78, 5) is 11.6. The molecule has 1 N–H and O–H groups in total. The van der Waals surface area contributed by atoms with Crippen LogP contribution in [0.15, 0.2) is 29.2 Å². The van der Waals surface area contributed by atoms with Gasteiger partial charge in [-0.15, -0.1) is 0 Å². The molecule has 5 nitrogen and oxygen atoms in total. The van der Waals surface area contributed by atoms with Crippen LogP contribution >= 0.6 is 0 Å². The number of carbonyl (C=O) groups is 1. The number of sulfonamides is 1. The van der Waals surface area contributed by atoms with Crippen LogP contribution in [0.2, 0.25) is 0 Å². The predicted molar refractivity (Wildman–Crippen MR) is 95.4 cm³/mol. The summed E-state index contributed by atoms with van der Waals surface area (Å²) >= 11 is 0. The monoisotopic (exact) mass is 406 g/mol. The van der Waals surface area contributed by atoms with Crippen molar-refractivity contribution in [1.29, 1.82) is 0 Å². The van der Waals surface area contributed by atoms with Gasteiger partial charge in [0.25, 0.3) is 0 Å².